The molecule has 0 spiro atoms. The van der Waals surface area contributed by atoms with Crippen LogP contribution in [0, 0.1) is 0 Å². The summed E-state index contributed by atoms with van der Waals surface area (Å²) in [6.45, 7) is 0.0601. The molecule has 1 aliphatic rings. The predicted octanol–water partition coefficient (Wildman–Crippen LogP) is 0.0521. The molecule has 0 aromatic carbocycles. The van der Waals surface area contributed by atoms with Gasteiger partial charge in [0.05, 0.1) is 19.3 Å². The van der Waals surface area contributed by atoms with Crippen molar-refractivity contribution in [3.63, 3.8) is 0 Å². The van der Waals surface area contributed by atoms with Crippen LogP contribution in [0.2, 0.25) is 0 Å². The van der Waals surface area contributed by atoms with Gasteiger partial charge in [-0.1, -0.05) is 0 Å². The van der Waals surface area contributed by atoms with Gasteiger partial charge in [0.25, 0.3) is 0 Å². The third-order valence-corrected chi connectivity index (χ3v) is 2.29. The van der Waals surface area contributed by atoms with Gasteiger partial charge in [-0.2, -0.15) is 0 Å². The first-order valence-corrected chi connectivity index (χ1v) is 4.56. The summed E-state index contributed by atoms with van der Waals surface area (Å²) >= 11 is 0. The Bertz CT molecular complexity index is 203. The van der Waals surface area contributed by atoms with Gasteiger partial charge in [0.2, 0.25) is 0 Å². The lowest BCUT2D eigenvalue weighted by atomic mass is 10.0. The topological polar surface area (TPSA) is 75.8 Å². The molecule has 1 aliphatic heterocycles. The number of piperidine rings is 1. The molecule has 0 bridgehead atoms. The summed E-state index contributed by atoms with van der Waals surface area (Å²) in [4.78, 5) is 11.9. The van der Waals surface area contributed by atoms with E-state index in [1.165, 1.54) is 4.90 Å². The minimum Gasteiger partial charge on any atom is -0.465 e. The number of nitrogens with zero attached hydrogens (tertiary/aromatic N) is 1. The molecule has 3 N–H and O–H groups in total. The third-order valence-electron chi connectivity index (χ3n) is 2.29. The molecule has 14 heavy (non-hydrogen) atoms. The summed E-state index contributed by atoms with van der Waals surface area (Å²) in [5.74, 6) is 0. The Morgan fingerprint density at radius 1 is 1.71 bits per heavy atom. The van der Waals surface area contributed by atoms with Crippen LogP contribution in [-0.2, 0) is 4.74 Å². The van der Waals surface area contributed by atoms with Gasteiger partial charge in [-0.25, -0.2) is 9.18 Å². The number of hydrogen-bond donors (Lipinski definition) is 2. The molecule has 1 amide bonds. The minimum absolute atomic E-state index is 0.0220. The quantitative estimate of drug-likeness (QED) is 0.684. The molecule has 6 heteroatoms. The van der Waals surface area contributed by atoms with Gasteiger partial charge in [-0.3, -0.25) is 0 Å². The third kappa shape index (κ3) is 2.81. The predicted molar refractivity (Wildman–Crippen MR) is 47.9 cm³/mol. The van der Waals surface area contributed by atoms with Crippen LogP contribution in [0.15, 0.2) is 0 Å². The summed E-state index contributed by atoms with van der Waals surface area (Å²) in [5.41, 5.74) is 5.72. The molecule has 0 radical (unpaired) electrons. The van der Waals surface area contributed by atoms with Crippen LogP contribution >= 0.6 is 0 Å². The van der Waals surface area contributed by atoms with E-state index < -0.39 is 12.8 Å². The number of amides is 1. The van der Waals surface area contributed by atoms with Crippen LogP contribution < -0.4 is 5.73 Å². The fourth-order valence-corrected chi connectivity index (χ4v) is 1.48. The maximum absolute atomic E-state index is 11.8. The molecule has 0 aromatic rings. The van der Waals surface area contributed by atoms with Crippen molar-refractivity contribution in [2.45, 2.75) is 18.6 Å². The van der Waals surface area contributed by atoms with Crippen molar-refractivity contribution in [1.82, 2.24) is 4.90 Å². The van der Waals surface area contributed by atoms with Gasteiger partial charge < -0.3 is 20.5 Å². The van der Waals surface area contributed by atoms with E-state index in [0.29, 0.717) is 13.0 Å². The second kappa shape index (κ2) is 5.11. The maximum Gasteiger partial charge on any atom is 0.407 e. The molecule has 2 atom stereocenters. The number of nitrogens with two attached hydrogens (primary N) is 1. The van der Waals surface area contributed by atoms with Crippen LogP contribution in [0.4, 0.5) is 9.18 Å². The van der Waals surface area contributed by atoms with Crippen LogP contribution in [0.5, 0.6) is 0 Å². The van der Waals surface area contributed by atoms with Crippen molar-refractivity contribution in [2.24, 2.45) is 5.73 Å². The summed E-state index contributed by atoms with van der Waals surface area (Å²) in [5, 5.41) is 8.72. The molecule has 1 saturated heterocycles. The first kappa shape index (κ1) is 11.2. The van der Waals surface area contributed by atoms with E-state index in [0.717, 1.165) is 0 Å². The lowest BCUT2D eigenvalue weighted by molar-refractivity contribution is -0.0133. The fourth-order valence-electron chi connectivity index (χ4n) is 1.48. The molecule has 5 nitrogen and oxygen atoms in total. The van der Waals surface area contributed by atoms with Gasteiger partial charge in [0, 0.05) is 12.6 Å². The van der Waals surface area contributed by atoms with E-state index in [4.69, 9.17) is 15.6 Å². The van der Waals surface area contributed by atoms with Crippen molar-refractivity contribution in [2.75, 3.05) is 26.4 Å². The molecule has 0 aromatic heterocycles. The smallest absolute Gasteiger partial charge is 0.407 e. The standard InChI is InChI=1S/C8H15FN2O3/c9-2-4-14-7-5-11(8(12)13)3-1-6(7)10/h6-7H,1-5,10H2,(H,12,13). The van der Waals surface area contributed by atoms with E-state index in [1.807, 2.05) is 0 Å². The Morgan fingerprint density at radius 2 is 2.43 bits per heavy atom. The summed E-state index contributed by atoms with van der Waals surface area (Å²) in [7, 11) is 0. The number of alkyl halides is 1. The largest absolute Gasteiger partial charge is 0.465 e. The number of rotatable bonds is 3. The number of carboxylic acid groups (broad SMARTS) is 1. The first-order valence-electron chi connectivity index (χ1n) is 4.56. The zero-order valence-electron chi connectivity index (χ0n) is 7.86. The van der Waals surface area contributed by atoms with Crippen molar-refractivity contribution < 1.29 is 19.0 Å². The van der Waals surface area contributed by atoms with Crippen LogP contribution in [0.1, 0.15) is 6.42 Å². The normalized spacial score (nSPS) is 27.7. The second-order valence-electron chi connectivity index (χ2n) is 3.28. The molecule has 82 valence electrons. The highest BCUT2D eigenvalue weighted by Crippen LogP contribution is 2.12. The number of halogens is 1. The van der Waals surface area contributed by atoms with Crippen molar-refractivity contribution in [3.05, 3.63) is 0 Å². The van der Waals surface area contributed by atoms with Crippen molar-refractivity contribution in [3.8, 4) is 0 Å². The average molecular weight is 206 g/mol. The lowest BCUT2D eigenvalue weighted by Gasteiger charge is -2.34. The molecule has 1 rings (SSSR count). The van der Waals surface area contributed by atoms with Crippen molar-refractivity contribution >= 4 is 6.09 Å². The SMILES string of the molecule is NC1CCN(C(=O)O)CC1OCCF. The Balaban J connectivity index is 2.42. The van der Waals surface area contributed by atoms with Gasteiger partial charge in [-0.15, -0.1) is 0 Å². The van der Waals surface area contributed by atoms with Crippen LogP contribution in [0.3, 0.4) is 0 Å². The highest BCUT2D eigenvalue weighted by Gasteiger charge is 2.29. The molecular weight excluding hydrogens is 191 g/mol. The summed E-state index contributed by atoms with van der Waals surface area (Å²) in [6, 6.07) is -0.197. The lowest BCUT2D eigenvalue weighted by Crippen LogP contribution is -2.53. The Kier molecular flexibility index (Phi) is 4.09. The molecule has 0 saturated carbocycles. The number of hydrogen-bond acceptors (Lipinski definition) is 3. The molecule has 0 aliphatic carbocycles. The van der Waals surface area contributed by atoms with Gasteiger partial charge in [0.1, 0.15) is 6.67 Å². The van der Waals surface area contributed by atoms with E-state index >= 15 is 0 Å². The number of ether oxygens (including phenoxy) is 1. The molecule has 2 unspecified atom stereocenters. The Hall–Kier alpha value is -0.880. The van der Waals surface area contributed by atoms with E-state index in [1.54, 1.807) is 0 Å². The van der Waals surface area contributed by atoms with Gasteiger partial charge >= 0.3 is 6.09 Å². The molecule has 1 fully saturated rings. The second-order valence-corrected chi connectivity index (χ2v) is 3.28. The zero-order valence-corrected chi connectivity index (χ0v) is 7.86. The monoisotopic (exact) mass is 206 g/mol. The van der Waals surface area contributed by atoms with E-state index in [9.17, 15) is 9.18 Å². The van der Waals surface area contributed by atoms with E-state index in [2.05, 4.69) is 0 Å². The van der Waals surface area contributed by atoms with E-state index in [-0.39, 0.29) is 25.3 Å². The Labute approximate surface area is 81.6 Å². The number of likely N-dealkylation sites (tertiary alicyclic amines) is 1. The summed E-state index contributed by atoms with van der Waals surface area (Å²) in [6.07, 6.45) is -0.801. The van der Waals surface area contributed by atoms with Gasteiger partial charge in [0.15, 0.2) is 0 Å². The van der Waals surface area contributed by atoms with Crippen molar-refractivity contribution in [1.29, 1.82) is 0 Å². The Morgan fingerprint density at radius 3 is 3.00 bits per heavy atom. The summed E-state index contributed by atoms with van der Waals surface area (Å²) < 4.78 is 17.0. The molecular formula is C8H15FN2O3. The zero-order chi connectivity index (χ0) is 10.6. The van der Waals surface area contributed by atoms with Crippen LogP contribution in [-0.4, -0.2) is 54.6 Å². The highest BCUT2D eigenvalue weighted by molar-refractivity contribution is 5.65. The van der Waals surface area contributed by atoms with Gasteiger partial charge in [-0.05, 0) is 6.42 Å². The van der Waals surface area contributed by atoms with Crippen LogP contribution in [0.25, 0.3) is 0 Å². The highest BCUT2D eigenvalue weighted by atomic mass is 19.1. The maximum atomic E-state index is 11.8. The number of carbonyl (C=O) groups is 1. The first-order chi connectivity index (χ1) is 6.65. The molecule has 1 heterocycles. The minimum atomic E-state index is -0.981. The fraction of sp³-hybridized carbons (Fsp3) is 0.875. The average Bonchev–Trinajstić information content (AvgIpc) is 2.16.